The minimum atomic E-state index is 0.854. The van der Waals surface area contributed by atoms with Gasteiger partial charge in [-0.25, -0.2) is 0 Å². The van der Waals surface area contributed by atoms with Crippen molar-refractivity contribution in [3.63, 3.8) is 0 Å². The lowest BCUT2D eigenvalue weighted by molar-refractivity contribution is 0.386. The zero-order valence-corrected chi connectivity index (χ0v) is 13.7. The number of unbranched alkanes of at least 4 members (excludes halogenated alkanes) is 3. The van der Waals surface area contributed by atoms with Crippen LogP contribution in [-0.4, -0.2) is 38.6 Å². The van der Waals surface area contributed by atoms with Crippen LogP contribution in [0.4, 0.5) is 11.4 Å². The van der Waals surface area contributed by atoms with Crippen molar-refractivity contribution in [2.45, 2.75) is 38.5 Å². The van der Waals surface area contributed by atoms with E-state index in [1.165, 1.54) is 63.8 Å². The first-order valence-electron chi connectivity index (χ1n) is 8.40. The molecular weight excluding hydrogens is 258 g/mol. The number of nitrogens with two attached hydrogens (primary N) is 1. The minimum Gasteiger partial charge on any atom is -0.399 e. The van der Waals surface area contributed by atoms with E-state index in [1.54, 1.807) is 0 Å². The van der Waals surface area contributed by atoms with E-state index in [-0.39, 0.29) is 0 Å². The molecule has 0 amide bonds. The third-order valence-electron chi connectivity index (χ3n) is 4.51. The molecule has 0 spiro atoms. The van der Waals surface area contributed by atoms with Gasteiger partial charge in [0.15, 0.2) is 0 Å². The second-order valence-corrected chi connectivity index (χ2v) is 6.70. The van der Waals surface area contributed by atoms with E-state index in [2.05, 4.69) is 36.0 Å². The molecule has 0 radical (unpaired) electrons. The summed E-state index contributed by atoms with van der Waals surface area (Å²) in [6.45, 7) is 3.66. The molecule has 0 aromatic heterocycles. The highest BCUT2D eigenvalue weighted by molar-refractivity contribution is 5.53. The van der Waals surface area contributed by atoms with Crippen molar-refractivity contribution in [2.24, 2.45) is 5.92 Å². The van der Waals surface area contributed by atoms with Gasteiger partial charge in [0.25, 0.3) is 0 Å². The van der Waals surface area contributed by atoms with Gasteiger partial charge >= 0.3 is 0 Å². The molecule has 1 heterocycles. The Morgan fingerprint density at radius 3 is 2.52 bits per heavy atom. The van der Waals surface area contributed by atoms with Crippen LogP contribution in [0.25, 0.3) is 0 Å². The van der Waals surface area contributed by atoms with Crippen molar-refractivity contribution in [1.29, 1.82) is 0 Å². The summed E-state index contributed by atoms with van der Waals surface area (Å²) in [5, 5.41) is 0. The molecule has 1 fully saturated rings. The van der Waals surface area contributed by atoms with Crippen molar-refractivity contribution >= 4 is 11.4 Å². The first-order valence-corrected chi connectivity index (χ1v) is 8.40. The van der Waals surface area contributed by atoms with Gasteiger partial charge < -0.3 is 15.5 Å². The summed E-state index contributed by atoms with van der Waals surface area (Å²) in [7, 11) is 4.31. The largest absolute Gasteiger partial charge is 0.399 e. The molecule has 2 rings (SSSR count). The molecule has 0 saturated carbocycles. The molecule has 0 aliphatic carbocycles. The van der Waals surface area contributed by atoms with Crippen LogP contribution in [0.15, 0.2) is 24.3 Å². The van der Waals surface area contributed by atoms with E-state index in [0.717, 1.165) is 11.6 Å². The van der Waals surface area contributed by atoms with Gasteiger partial charge in [-0.3, -0.25) is 0 Å². The lowest BCUT2D eigenvalue weighted by Crippen LogP contribution is -2.19. The molecule has 1 aromatic carbocycles. The van der Waals surface area contributed by atoms with Gasteiger partial charge in [0, 0.05) is 24.5 Å². The smallest absolute Gasteiger partial charge is 0.0367 e. The molecule has 1 atom stereocenters. The molecule has 21 heavy (non-hydrogen) atoms. The van der Waals surface area contributed by atoms with E-state index in [4.69, 9.17) is 5.73 Å². The molecule has 3 heteroatoms. The van der Waals surface area contributed by atoms with Crippen LogP contribution in [0.2, 0.25) is 0 Å². The number of nitrogen functional groups attached to an aromatic ring is 1. The van der Waals surface area contributed by atoms with E-state index >= 15 is 0 Å². The van der Waals surface area contributed by atoms with Crippen LogP contribution in [0.3, 0.4) is 0 Å². The molecule has 2 N–H and O–H groups in total. The number of rotatable bonds is 8. The van der Waals surface area contributed by atoms with Gasteiger partial charge in [-0.15, -0.1) is 0 Å². The van der Waals surface area contributed by atoms with Gasteiger partial charge in [0.1, 0.15) is 0 Å². The van der Waals surface area contributed by atoms with E-state index in [0.29, 0.717) is 0 Å². The van der Waals surface area contributed by atoms with Crippen molar-refractivity contribution in [3.05, 3.63) is 24.3 Å². The minimum absolute atomic E-state index is 0.854. The number of nitrogens with zero attached hydrogens (tertiary/aromatic N) is 2. The van der Waals surface area contributed by atoms with Crippen LogP contribution in [0, 0.1) is 5.92 Å². The molecule has 3 nitrogen and oxygen atoms in total. The molecule has 1 aliphatic heterocycles. The monoisotopic (exact) mass is 289 g/mol. The van der Waals surface area contributed by atoms with Gasteiger partial charge in [-0.1, -0.05) is 19.3 Å². The summed E-state index contributed by atoms with van der Waals surface area (Å²) in [6.07, 6.45) is 8.26. The van der Waals surface area contributed by atoms with Crippen molar-refractivity contribution in [3.8, 4) is 0 Å². The number of hydrogen-bond acceptors (Lipinski definition) is 3. The summed E-state index contributed by atoms with van der Waals surface area (Å²) >= 11 is 0. The first-order chi connectivity index (χ1) is 10.1. The number of benzene rings is 1. The lowest BCUT2D eigenvalue weighted by atomic mass is 10.00. The molecule has 118 valence electrons. The SMILES string of the molecule is CN(C)CCCCCCC1CCN(c2ccc(N)cc2)C1. The highest BCUT2D eigenvalue weighted by atomic mass is 15.1. The highest BCUT2D eigenvalue weighted by Gasteiger charge is 2.21. The number of anilines is 2. The maximum absolute atomic E-state index is 5.76. The van der Waals surface area contributed by atoms with Crippen LogP contribution in [-0.2, 0) is 0 Å². The molecule has 1 aromatic rings. The first kappa shape index (κ1) is 16.2. The second-order valence-electron chi connectivity index (χ2n) is 6.70. The Morgan fingerprint density at radius 2 is 1.81 bits per heavy atom. The average molecular weight is 289 g/mol. The lowest BCUT2D eigenvalue weighted by Gasteiger charge is -2.19. The van der Waals surface area contributed by atoms with Crippen molar-refractivity contribution in [2.75, 3.05) is 44.4 Å². The Kier molecular flexibility index (Phi) is 6.37. The molecule has 0 bridgehead atoms. The van der Waals surface area contributed by atoms with Crippen LogP contribution in [0.5, 0.6) is 0 Å². The summed E-state index contributed by atoms with van der Waals surface area (Å²) < 4.78 is 0. The van der Waals surface area contributed by atoms with Crippen LogP contribution >= 0.6 is 0 Å². The van der Waals surface area contributed by atoms with E-state index in [9.17, 15) is 0 Å². The quantitative estimate of drug-likeness (QED) is 0.586. The molecule has 1 saturated heterocycles. The predicted molar refractivity (Wildman–Crippen MR) is 92.8 cm³/mol. The average Bonchev–Trinajstić information content (AvgIpc) is 2.92. The molecular formula is C18H31N3. The van der Waals surface area contributed by atoms with Gasteiger partial charge in [-0.2, -0.15) is 0 Å². The van der Waals surface area contributed by atoms with Gasteiger partial charge in [0.2, 0.25) is 0 Å². The summed E-state index contributed by atoms with van der Waals surface area (Å²) in [4.78, 5) is 4.79. The van der Waals surface area contributed by atoms with E-state index < -0.39 is 0 Å². The fourth-order valence-electron chi connectivity index (χ4n) is 3.20. The van der Waals surface area contributed by atoms with Gasteiger partial charge in [0.05, 0.1) is 0 Å². The Hall–Kier alpha value is -1.22. The maximum Gasteiger partial charge on any atom is 0.0367 e. The fraction of sp³-hybridized carbons (Fsp3) is 0.667. The zero-order chi connectivity index (χ0) is 15.1. The Bertz CT molecular complexity index is 399. The van der Waals surface area contributed by atoms with Crippen LogP contribution < -0.4 is 10.6 Å². The van der Waals surface area contributed by atoms with Gasteiger partial charge in [-0.05, 0) is 70.1 Å². The highest BCUT2D eigenvalue weighted by Crippen LogP contribution is 2.27. The maximum atomic E-state index is 5.76. The summed E-state index contributed by atoms with van der Waals surface area (Å²) in [5.41, 5.74) is 7.94. The third kappa shape index (κ3) is 5.58. The Morgan fingerprint density at radius 1 is 1.10 bits per heavy atom. The normalized spacial score (nSPS) is 18.6. The number of hydrogen-bond donors (Lipinski definition) is 1. The Balaban J connectivity index is 1.61. The molecule has 1 unspecified atom stereocenters. The van der Waals surface area contributed by atoms with Crippen LogP contribution in [0.1, 0.15) is 38.5 Å². The summed E-state index contributed by atoms with van der Waals surface area (Å²) in [6, 6.07) is 8.32. The summed E-state index contributed by atoms with van der Waals surface area (Å²) in [5.74, 6) is 0.886. The van der Waals surface area contributed by atoms with Crippen molar-refractivity contribution < 1.29 is 0 Å². The van der Waals surface area contributed by atoms with Crippen molar-refractivity contribution in [1.82, 2.24) is 4.90 Å². The molecule has 1 aliphatic rings. The Labute approximate surface area is 130 Å². The topological polar surface area (TPSA) is 32.5 Å². The fourth-order valence-corrected chi connectivity index (χ4v) is 3.20. The predicted octanol–water partition coefficient (Wildman–Crippen LogP) is 3.61. The second kappa shape index (κ2) is 8.28. The third-order valence-corrected chi connectivity index (χ3v) is 4.51. The standard InChI is InChI=1S/C18H31N3/c1-20(2)13-6-4-3-5-7-16-12-14-21(15-16)18-10-8-17(19)9-11-18/h8-11,16H,3-7,12-15,19H2,1-2H3. The zero-order valence-electron chi connectivity index (χ0n) is 13.7. The van der Waals surface area contributed by atoms with E-state index in [1.807, 2.05) is 12.1 Å².